The Morgan fingerprint density at radius 1 is 1.14 bits per heavy atom. The third-order valence-electron chi connectivity index (χ3n) is 2.35. The van der Waals surface area contributed by atoms with Crippen molar-refractivity contribution in [3.63, 3.8) is 0 Å². The van der Waals surface area contributed by atoms with Crippen LogP contribution < -0.4 is 0 Å². The third-order valence-corrected chi connectivity index (χ3v) is 2.35. The van der Waals surface area contributed by atoms with E-state index in [2.05, 4.69) is 50.6 Å². The van der Waals surface area contributed by atoms with Crippen molar-refractivity contribution < 1.29 is 0 Å². The monoisotopic (exact) mass is 189 g/mol. The van der Waals surface area contributed by atoms with Crippen molar-refractivity contribution in [3.8, 4) is 0 Å². The van der Waals surface area contributed by atoms with Gasteiger partial charge in [0.1, 0.15) is 0 Å². The average Bonchev–Trinajstić information content (AvgIpc) is 2.18. The van der Waals surface area contributed by atoms with Crippen LogP contribution in [0.3, 0.4) is 0 Å². The van der Waals surface area contributed by atoms with Gasteiger partial charge in [-0.05, 0) is 43.6 Å². The van der Waals surface area contributed by atoms with E-state index in [0.29, 0.717) is 0 Å². The second-order valence-corrected chi connectivity index (χ2v) is 4.30. The molecule has 0 unspecified atom stereocenters. The van der Waals surface area contributed by atoms with Gasteiger partial charge in [0.05, 0.1) is 0 Å². The molecule has 0 N–H and O–H groups in total. The number of unbranched alkanes of at least 4 members (excludes halogenated alkanes) is 2. The normalized spacial score (nSPS) is 10.8. The molecule has 1 radical (unpaired) electrons. The lowest BCUT2D eigenvalue weighted by molar-refractivity contribution is 0.611. The zero-order chi connectivity index (χ0) is 10.2. The Bertz CT molecular complexity index is 223. The van der Waals surface area contributed by atoms with Crippen LogP contribution in [0.25, 0.3) is 0 Å². The summed E-state index contributed by atoms with van der Waals surface area (Å²) >= 11 is 0. The molecule has 0 saturated heterocycles. The summed E-state index contributed by atoms with van der Waals surface area (Å²) in [5, 5.41) is 0. The average molecular weight is 189 g/mol. The Kier molecular flexibility index (Phi) is 5.36. The quantitative estimate of drug-likeness (QED) is 0.586. The lowest BCUT2D eigenvalue weighted by atomic mass is 10.0. The highest BCUT2D eigenvalue weighted by atomic mass is 14.0. The lowest BCUT2D eigenvalue weighted by Gasteiger charge is -2.03. The van der Waals surface area contributed by atoms with Gasteiger partial charge < -0.3 is 0 Å². The molecule has 0 heteroatoms. The molecule has 0 aromatic heterocycles. The van der Waals surface area contributed by atoms with Gasteiger partial charge in [-0.3, -0.25) is 0 Å². The fourth-order valence-electron chi connectivity index (χ4n) is 1.55. The van der Waals surface area contributed by atoms with Gasteiger partial charge in [-0.1, -0.05) is 44.2 Å². The topological polar surface area (TPSA) is 0 Å². The van der Waals surface area contributed by atoms with E-state index in [4.69, 9.17) is 0 Å². The summed E-state index contributed by atoms with van der Waals surface area (Å²) in [6.45, 7) is 4.54. The fourth-order valence-corrected chi connectivity index (χ4v) is 1.55. The van der Waals surface area contributed by atoms with Gasteiger partial charge in [-0.2, -0.15) is 0 Å². The van der Waals surface area contributed by atoms with E-state index in [-0.39, 0.29) is 0 Å². The predicted octanol–water partition coefficient (Wildman–Crippen LogP) is 4.26. The third kappa shape index (κ3) is 5.06. The zero-order valence-electron chi connectivity index (χ0n) is 9.37. The summed E-state index contributed by atoms with van der Waals surface area (Å²) in [5.74, 6) is 0.812. The highest BCUT2D eigenvalue weighted by Gasteiger charge is 1.95. The predicted molar refractivity (Wildman–Crippen MR) is 63.1 cm³/mol. The molecule has 0 nitrogen and oxygen atoms in total. The van der Waals surface area contributed by atoms with Crippen molar-refractivity contribution >= 4 is 0 Å². The molecule has 0 bridgehead atoms. The van der Waals surface area contributed by atoms with E-state index in [1.54, 1.807) is 0 Å². The van der Waals surface area contributed by atoms with Crippen molar-refractivity contribution in [2.45, 2.75) is 39.5 Å². The number of aryl methyl sites for hydroxylation is 1. The zero-order valence-corrected chi connectivity index (χ0v) is 9.37. The van der Waals surface area contributed by atoms with E-state index in [1.807, 2.05) is 0 Å². The molecule has 0 aliphatic carbocycles. The van der Waals surface area contributed by atoms with Crippen LogP contribution in [-0.4, -0.2) is 0 Å². The molecular weight excluding hydrogens is 168 g/mol. The standard InChI is InChI=1S/C14H21/c1-13(2)9-5-3-6-10-14-11-7-4-8-12-14/h4-5,7-8,11-13H,3,6,9-10H2,1-2H3. The molecule has 0 atom stereocenters. The van der Waals surface area contributed by atoms with Gasteiger partial charge in [0.2, 0.25) is 0 Å². The van der Waals surface area contributed by atoms with E-state index < -0.39 is 0 Å². The molecule has 0 saturated carbocycles. The van der Waals surface area contributed by atoms with Crippen LogP contribution in [0.5, 0.6) is 0 Å². The highest BCUT2D eigenvalue weighted by Crippen LogP contribution is 2.10. The molecule has 1 aromatic rings. The molecule has 0 aliphatic heterocycles. The van der Waals surface area contributed by atoms with E-state index in [1.165, 1.54) is 31.2 Å². The number of hydrogen-bond donors (Lipinski definition) is 0. The molecule has 0 amide bonds. The minimum Gasteiger partial charge on any atom is -0.0628 e. The summed E-state index contributed by atoms with van der Waals surface area (Å²) in [4.78, 5) is 0. The SMILES string of the molecule is CC(C)C[CH]CCCc1ccccc1. The molecule has 77 valence electrons. The first kappa shape index (κ1) is 11.3. The summed E-state index contributed by atoms with van der Waals surface area (Å²) in [5.41, 5.74) is 1.46. The molecule has 0 aliphatic rings. The van der Waals surface area contributed by atoms with Crippen molar-refractivity contribution in [1.82, 2.24) is 0 Å². The van der Waals surface area contributed by atoms with E-state index in [0.717, 1.165) is 5.92 Å². The van der Waals surface area contributed by atoms with Gasteiger partial charge in [0.25, 0.3) is 0 Å². The van der Waals surface area contributed by atoms with E-state index >= 15 is 0 Å². The van der Waals surface area contributed by atoms with Gasteiger partial charge in [0.15, 0.2) is 0 Å². The second kappa shape index (κ2) is 6.64. The molecule has 0 heterocycles. The highest BCUT2D eigenvalue weighted by molar-refractivity contribution is 5.14. The summed E-state index contributed by atoms with van der Waals surface area (Å²) in [6.07, 6.45) is 7.45. The summed E-state index contributed by atoms with van der Waals surface area (Å²) in [6, 6.07) is 10.7. The van der Waals surface area contributed by atoms with Crippen LogP contribution in [0.4, 0.5) is 0 Å². The minimum atomic E-state index is 0.812. The maximum Gasteiger partial charge on any atom is -0.0279 e. The number of hydrogen-bond acceptors (Lipinski definition) is 0. The first-order valence-electron chi connectivity index (χ1n) is 5.64. The van der Waals surface area contributed by atoms with Crippen molar-refractivity contribution in [1.29, 1.82) is 0 Å². The van der Waals surface area contributed by atoms with Gasteiger partial charge in [-0.15, -0.1) is 0 Å². The van der Waals surface area contributed by atoms with Gasteiger partial charge in [-0.25, -0.2) is 0 Å². The Morgan fingerprint density at radius 3 is 2.50 bits per heavy atom. The lowest BCUT2D eigenvalue weighted by Crippen LogP contribution is -1.90. The smallest absolute Gasteiger partial charge is 0.0279 e. The Labute approximate surface area is 88.4 Å². The maximum absolute atomic E-state index is 2.42. The van der Waals surface area contributed by atoms with Crippen molar-refractivity contribution in [2.75, 3.05) is 0 Å². The molecule has 1 aromatic carbocycles. The molecule has 14 heavy (non-hydrogen) atoms. The number of benzene rings is 1. The molecule has 0 spiro atoms. The van der Waals surface area contributed by atoms with Gasteiger partial charge >= 0.3 is 0 Å². The van der Waals surface area contributed by atoms with Crippen LogP contribution in [0.15, 0.2) is 30.3 Å². The largest absolute Gasteiger partial charge is 0.0628 e. The first-order chi connectivity index (χ1) is 6.79. The molecule has 0 fully saturated rings. The van der Waals surface area contributed by atoms with Crippen molar-refractivity contribution in [2.24, 2.45) is 5.92 Å². The molecule has 1 rings (SSSR count). The van der Waals surface area contributed by atoms with E-state index in [9.17, 15) is 0 Å². The van der Waals surface area contributed by atoms with Crippen LogP contribution in [0, 0.1) is 12.3 Å². The van der Waals surface area contributed by atoms with Crippen LogP contribution in [-0.2, 0) is 6.42 Å². The van der Waals surface area contributed by atoms with Gasteiger partial charge in [0, 0.05) is 0 Å². The Morgan fingerprint density at radius 2 is 1.86 bits per heavy atom. The fraction of sp³-hybridized carbons (Fsp3) is 0.500. The summed E-state index contributed by atoms with van der Waals surface area (Å²) < 4.78 is 0. The Hall–Kier alpha value is -0.780. The maximum atomic E-state index is 2.42. The number of rotatable bonds is 6. The van der Waals surface area contributed by atoms with Crippen molar-refractivity contribution in [3.05, 3.63) is 42.3 Å². The first-order valence-corrected chi connectivity index (χ1v) is 5.64. The van der Waals surface area contributed by atoms with Crippen LogP contribution in [0.2, 0.25) is 0 Å². The Balaban J connectivity index is 2.05. The van der Waals surface area contributed by atoms with Crippen LogP contribution >= 0.6 is 0 Å². The summed E-state index contributed by atoms with van der Waals surface area (Å²) in [7, 11) is 0. The minimum absolute atomic E-state index is 0.812. The molecular formula is C14H21. The second-order valence-electron chi connectivity index (χ2n) is 4.30. The van der Waals surface area contributed by atoms with Crippen LogP contribution in [0.1, 0.15) is 38.7 Å².